The van der Waals surface area contributed by atoms with Gasteiger partial charge in [-0.15, -0.1) is 0 Å². The Balaban J connectivity index is 2.58. The summed E-state index contributed by atoms with van der Waals surface area (Å²) in [5.74, 6) is -0.149. The molecule has 0 spiro atoms. The van der Waals surface area contributed by atoms with Gasteiger partial charge in [-0.05, 0) is 12.8 Å². The number of hydrogen-bond donors (Lipinski definition) is 1. The van der Waals surface area contributed by atoms with E-state index in [2.05, 4.69) is 12.2 Å². The molecule has 13 heavy (non-hydrogen) atoms. The van der Waals surface area contributed by atoms with Crippen LogP contribution in [-0.4, -0.2) is 29.4 Å². The highest BCUT2D eigenvalue weighted by Crippen LogP contribution is 2.12. The summed E-state index contributed by atoms with van der Waals surface area (Å²) in [4.78, 5) is 24.1. The Morgan fingerprint density at radius 3 is 2.62 bits per heavy atom. The Hall–Kier alpha value is -1.06. The highest BCUT2D eigenvalue weighted by Gasteiger charge is 2.35. The van der Waals surface area contributed by atoms with Crippen LogP contribution in [0.5, 0.6) is 0 Å². The van der Waals surface area contributed by atoms with Gasteiger partial charge in [0.15, 0.2) is 0 Å². The van der Waals surface area contributed by atoms with Crippen molar-refractivity contribution in [2.45, 2.75) is 39.2 Å². The van der Waals surface area contributed by atoms with E-state index in [1.165, 1.54) is 0 Å². The van der Waals surface area contributed by atoms with Crippen molar-refractivity contribution in [3.63, 3.8) is 0 Å². The molecule has 0 radical (unpaired) electrons. The molecule has 0 aromatic heterocycles. The van der Waals surface area contributed by atoms with Gasteiger partial charge in [-0.1, -0.05) is 20.3 Å². The molecule has 1 saturated heterocycles. The monoisotopic (exact) mass is 184 g/mol. The molecule has 3 amide bonds. The van der Waals surface area contributed by atoms with Crippen molar-refractivity contribution < 1.29 is 9.59 Å². The summed E-state index contributed by atoms with van der Waals surface area (Å²) in [5, 5.41) is 2.32. The van der Waals surface area contributed by atoms with Crippen LogP contribution < -0.4 is 5.32 Å². The van der Waals surface area contributed by atoms with Gasteiger partial charge in [-0.2, -0.15) is 0 Å². The molecule has 1 N–H and O–H groups in total. The number of rotatable bonds is 4. The van der Waals surface area contributed by atoms with Crippen molar-refractivity contribution in [1.82, 2.24) is 10.2 Å². The lowest BCUT2D eigenvalue weighted by molar-refractivity contribution is -0.121. The van der Waals surface area contributed by atoms with Crippen LogP contribution in [0.4, 0.5) is 4.79 Å². The number of urea groups is 1. The summed E-state index contributed by atoms with van der Waals surface area (Å²) < 4.78 is 0. The highest BCUT2D eigenvalue weighted by atomic mass is 16.2. The van der Waals surface area contributed by atoms with Crippen molar-refractivity contribution in [3.8, 4) is 0 Å². The summed E-state index contributed by atoms with van der Waals surface area (Å²) in [5.41, 5.74) is 0. The molecule has 0 aromatic carbocycles. The zero-order valence-electron chi connectivity index (χ0n) is 8.17. The van der Waals surface area contributed by atoms with Crippen molar-refractivity contribution >= 4 is 11.9 Å². The van der Waals surface area contributed by atoms with E-state index >= 15 is 0 Å². The average Bonchev–Trinajstić information content (AvgIpc) is 2.37. The Labute approximate surface area is 78.3 Å². The summed E-state index contributed by atoms with van der Waals surface area (Å²) in [6.07, 6.45) is 2.69. The molecule has 74 valence electrons. The minimum atomic E-state index is -0.237. The molecule has 1 atom stereocenters. The molecule has 4 nitrogen and oxygen atoms in total. The second kappa shape index (κ2) is 4.25. The summed E-state index contributed by atoms with van der Waals surface area (Å²) >= 11 is 0. The van der Waals surface area contributed by atoms with Crippen LogP contribution >= 0.6 is 0 Å². The number of nitrogens with one attached hydrogen (secondary N) is 1. The first-order valence-corrected chi connectivity index (χ1v) is 4.82. The fourth-order valence-electron chi connectivity index (χ4n) is 1.54. The van der Waals surface area contributed by atoms with E-state index in [9.17, 15) is 9.59 Å². The van der Waals surface area contributed by atoms with Gasteiger partial charge < -0.3 is 4.90 Å². The molecule has 0 aliphatic carbocycles. The number of carbonyl (C=O) groups is 2. The van der Waals surface area contributed by atoms with Crippen LogP contribution in [0.15, 0.2) is 0 Å². The quantitative estimate of drug-likeness (QED) is 0.665. The molecular weight excluding hydrogens is 168 g/mol. The molecule has 1 rings (SSSR count). The van der Waals surface area contributed by atoms with E-state index in [1.807, 2.05) is 6.92 Å². The number of hydrogen-bond acceptors (Lipinski definition) is 2. The van der Waals surface area contributed by atoms with Crippen LogP contribution in [0.25, 0.3) is 0 Å². The summed E-state index contributed by atoms with van der Waals surface area (Å²) in [6.45, 7) is 4.67. The zero-order valence-corrected chi connectivity index (χ0v) is 8.17. The van der Waals surface area contributed by atoms with E-state index in [0.29, 0.717) is 13.0 Å². The molecule has 4 heteroatoms. The largest absolute Gasteiger partial charge is 0.324 e. The number of amides is 3. The Morgan fingerprint density at radius 2 is 2.08 bits per heavy atom. The SMILES string of the molecule is CCCCN1C(=O)NC(=O)C1CC. The number of nitrogens with zero attached hydrogens (tertiary/aromatic N) is 1. The van der Waals surface area contributed by atoms with E-state index < -0.39 is 0 Å². The Bertz CT molecular complexity index is 216. The Morgan fingerprint density at radius 1 is 1.38 bits per heavy atom. The van der Waals surface area contributed by atoms with Gasteiger partial charge in [0.1, 0.15) is 6.04 Å². The maximum absolute atomic E-state index is 11.3. The molecule has 1 aliphatic rings. The first kappa shape index (κ1) is 10.0. The summed E-state index contributed by atoms with van der Waals surface area (Å²) in [7, 11) is 0. The van der Waals surface area contributed by atoms with E-state index in [4.69, 9.17) is 0 Å². The summed E-state index contributed by atoms with van der Waals surface area (Å²) in [6, 6.07) is -0.468. The molecule has 1 heterocycles. The number of unbranched alkanes of at least 4 members (excludes halogenated alkanes) is 1. The smallest absolute Gasteiger partial charge is 0.312 e. The van der Waals surface area contributed by atoms with Crippen LogP contribution in [0.3, 0.4) is 0 Å². The normalized spacial score (nSPS) is 22.3. The second-order valence-corrected chi connectivity index (χ2v) is 3.27. The second-order valence-electron chi connectivity index (χ2n) is 3.27. The third-order valence-corrected chi connectivity index (χ3v) is 2.31. The fourth-order valence-corrected chi connectivity index (χ4v) is 1.54. The first-order chi connectivity index (χ1) is 6.20. The predicted octanol–water partition coefficient (Wildman–Crippen LogP) is 1.12. The van der Waals surface area contributed by atoms with Gasteiger partial charge in [0.25, 0.3) is 5.91 Å². The maximum Gasteiger partial charge on any atom is 0.324 e. The number of imide groups is 1. The maximum atomic E-state index is 11.3. The van der Waals surface area contributed by atoms with Crippen LogP contribution in [0, 0.1) is 0 Å². The zero-order chi connectivity index (χ0) is 9.84. The molecule has 1 aliphatic heterocycles. The first-order valence-electron chi connectivity index (χ1n) is 4.82. The van der Waals surface area contributed by atoms with Crippen LogP contribution in [-0.2, 0) is 4.79 Å². The predicted molar refractivity (Wildman–Crippen MR) is 49.2 cm³/mol. The topological polar surface area (TPSA) is 49.4 Å². The Kier molecular flexibility index (Phi) is 3.28. The standard InChI is InChI=1S/C9H16N2O2/c1-3-5-6-11-7(4-2)8(12)10-9(11)13/h7H,3-6H2,1-2H3,(H,10,12,13). The van der Waals surface area contributed by atoms with Gasteiger partial charge in [0, 0.05) is 6.54 Å². The van der Waals surface area contributed by atoms with Crippen molar-refractivity contribution in [1.29, 1.82) is 0 Å². The van der Waals surface area contributed by atoms with Gasteiger partial charge in [-0.25, -0.2) is 4.79 Å². The molecule has 1 fully saturated rings. The average molecular weight is 184 g/mol. The van der Waals surface area contributed by atoms with Gasteiger partial charge in [-0.3, -0.25) is 10.1 Å². The van der Waals surface area contributed by atoms with Crippen LogP contribution in [0.2, 0.25) is 0 Å². The lowest BCUT2D eigenvalue weighted by Gasteiger charge is -2.19. The molecule has 0 bridgehead atoms. The minimum absolute atomic E-state index is 0.149. The number of carbonyl (C=O) groups excluding carboxylic acids is 2. The van der Waals surface area contributed by atoms with Crippen molar-refractivity contribution in [2.24, 2.45) is 0 Å². The van der Waals surface area contributed by atoms with Gasteiger partial charge >= 0.3 is 6.03 Å². The van der Waals surface area contributed by atoms with E-state index in [1.54, 1.807) is 4.90 Å². The lowest BCUT2D eigenvalue weighted by Crippen LogP contribution is -2.35. The lowest BCUT2D eigenvalue weighted by atomic mass is 10.2. The van der Waals surface area contributed by atoms with E-state index in [-0.39, 0.29) is 18.0 Å². The van der Waals surface area contributed by atoms with Gasteiger partial charge in [0.05, 0.1) is 0 Å². The van der Waals surface area contributed by atoms with Gasteiger partial charge in [0.2, 0.25) is 0 Å². The highest BCUT2D eigenvalue weighted by molar-refractivity contribution is 6.04. The van der Waals surface area contributed by atoms with Crippen LogP contribution in [0.1, 0.15) is 33.1 Å². The fraction of sp³-hybridized carbons (Fsp3) is 0.778. The third-order valence-electron chi connectivity index (χ3n) is 2.31. The third kappa shape index (κ3) is 1.99. The minimum Gasteiger partial charge on any atom is -0.312 e. The van der Waals surface area contributed by atoms with Crippen molar-refractivity contribution in [3.05, 3.63) is 0 Å². The molecule has 0 saturated carbocycles. The van der Waals surface area contributed by atoms with Crippen molar-refractivity contribution in [2.75, 3.05) is 6.54 Å². The van der Waals surface area contributed by atoms with E-state index in [0.717, 1.165) is 12.8 Å². The molecule has 1 unspecified atom stereocenters. The molecule has 0 aromatic rings. The molecular formula is C9H16N2O2.